The van der Waals surface area contributed by atoms with Crippen LogP contribution in [0.1, 0.15) is 29.3 Å². The lowest BCUT2D eigenvalue weighted by Crippen LogP contribution is -2.41. The topological polar surface area (TPSA) is 80.6 Å². The van der Waals surface area contributed by atoms with Crippen molar-refractivity contribution >= 4 is 12.0 Å². The summed E-state index contributed by atoms with van der Waals surface area (Å²) < 4.78 is 5.47. The van der Waals surface area contributed by atoms with Crippen molar-refractivity contribution in [1.82, 2.24) is 24.8 Å². The van der Waals surface area contributed by atoms with Gasteiger partial charge in [-0.15, -0.1) is 0 Å². The fraction of sp³-hybridized carbons (Fsp3) is 0.304. The van der Waals surface area contributed by atoms with E-state index in [4.69, 9.17) is 4.74 Å². The third-order valence-corrected chi connectivity index (χ3v) is 5.45. The molecule has 4 rings (SSSR count). The lowest BCUT2D eigenvalue weighted by molar-refractivity contribution is 0.0693. The summed E-state index contributed by atoms with van der Waals surface area (Å²) >= 11 is 0. The van der Waals surface area contributed by atoms with E-state index in [-0.39, 0.29) is 24.6 Å². The normalized spacial score (nSPS) is 16.6. The predicted octanol–water partition coefficient (Wildman–Crippen LogP) is 3.14. The maximum absolute atomic E-state index is 13.4. The number of carbonyl (C=O) groups excluding carboxylic acids is 2. The van der Waals surface area contributed by atoms with E-state index in [1.54, 1.807) is 23.4 Å². The molecule has 1 saturated heterocycles. The van der Waals surface area contributed by atoms with Crippen molar-refractivity contribution in [3.05, 3.63) is 78.1 Å². The molecule has 31 heavy (non-hydrogen) atoms. The number of hydrogen-bond donors (Lipinski definition) is 0. The van der Waals surface area contributed by atoms with Crippen LogP contribution in [-0.2, 0) is 11.3 Å². The Labute approximate surface area is 181 Å². The highest BCUT2D eigenvalue weighted by Crippen LogP contribution is 2.20. The second kappa shape index (κ2) is 9.42. The molecule has 160 valence electrons. The van der Waals surface area contributed by atoms with E-state index in [0.717, 1.165) is 5.56 Å². The molecular weight excluding hydrogens is 394 g/mol. The van der Waals surface area contributed by atoms with Crippen LogP contribution in [0.3, 0.4) is 0 Å². The van der Waals surface area contributed by atoms with Crippen LogP contribution in [0.2, 0.25) is 0 Å². The van der Waals surface area contributed by atoms with E-state index < -0.39 is 0 Å². The summed E-state index contributed by atoms with van der Waals surface area (Å²) in [6, 6.07) is 16.9. The van der Waals surface area contributed by atoms with E-state index in [1.807, 2.05) is 60.4 Å². The average Bonchev–Trinajstić information content (AvgIpc) is 3.27. The Morgan fingerprint density at radius 2 is 1.68 bits per heavy atom. The van der Waals surface area contributed by atoms with Gasteiger partial charge in [0.2, 0.25) is 0 Å². The van der Waals surface area contributed by atoms with Crippen LogP contribution >= 0.6 is 0 Å². The molecule has 1 atom stereocenters. The summed E-state index contributed by atoms with van der Waals surface area (Å²) in [5.74, 6) is -0.0973. The minimum atomic E-state index is -0.355. The molecule has 0 spiro atoms. The van der Waals surface area contributed by atoms with Crippen LogP contribution in [0.4, 0.5) is 4.79 Å². The van der Waals surface area contributed by atoms with Crippen molar-refractivity contribution in [2.24, 2.45) is 0 Å². The van der Waals surface area contributed by atoms with Gasteiger partial charge in [0.25, 0.3) is 5.91 Å². The lowest BCUT2D eigenvalue weighted by Gasteiger charge is -2.27. The molecule has 0 aliphatic carbocycles. The van der Waals surface area contributed by atoms with Gasteiger partial charge in [-0.05, 0) is 31.0 Å². The number of ether oxygens (including phenoxy) is 1. The summed E-state index contributed by atoms with van der Waals surface area (Å²) in [7, 11) is 0. The number of rotatable bonds is 4. The summed E-state index contributed by atoms with van der Waals surface area (Å²) in [5, 5.41) is 8.32. The third-order valence-electron chi connectivity index (χ3n) is 5.45. The molecular formula is C23H25N5O3. The van der Waals surface area contributed by atoms with Gasteiger partial charge >= 0.3 is 6.09 Å². The van der Waals surface area contributed by atoms with Gasteiger partial charge in [-0.1, -0.05) is 42.5 Å². The van der Waals surface area contributed by atoms with E-state index >= 15 is 0 Å². The van der Waals surface area contributed by atoms with Gasteiger partial charge in [0.05, 0.1) is 23.6 Å². The molecule has 1 aliphatic rings. The standard InChI is InChI=1S/C23H25N5O3/c1-18-11-14-26(23(30)31-17-19-7-3-2-4-8-19)15-16-27(18)22(29)20-9-5-6-10-21(20)28-24-12-13-25-28/h2-10,12-13,18H,11,14-17H2,1H3/t18-/m1/s1. The van der Waals surface area contributed by atoms with Gasteiger partial charge in [-0.2, -0.15) is 15.0 Å². The van der Waals surface area contributed by atoms with Gasteiger partial charge < -0.3 is 14.5 Å². The Bertz CT molecular complexity index is 1020. The first kappa shape index (κ1) is 20.6. The highest BCUT2D eigenvalue weighted by Gasteiger charge is 2.29. The molecule has 1 aliphatic heterocycles. The Morgan fingerprint density at radius 3 is 2.45 bits per heavy atom. The first-order valence-electron chi connectivity index (χ1n) is 10.4. The molecule has 2 amide bonds. The zero-order valence-corrected chi connectivity index (χ0v) is 17.4. The highest BCUT2D eigenvalue weighted by atomic mass is 16.6. The van der Waals surface area contributed by atoms with Crippen LogP contribution < -0.4 is 0 Å². The number of carbonyl (C=O) groups is 2. The number of amides is 2. The van der Waals surface area contributed by atoms with Gasteiger partial charge in [-0.3, -0.25) is 4.79 Å². The molecule has 1 aromatic heterocycles. The summed E-state index contributed by atoms with van der Waals surface area (Å²) in [6.45, 7) is 3.64. The zero-order chi connectivity index (χ0) is 21.6. The molecule has 1 fully saturated rings. The van der Waals surface area contributed by atoms with Crippen LogP contribution in [0.25, 0.3) is 5.69 Å². The molecule has 0 unspecified atom stereocenters. The second-order valence-electron chi connectivity index (χ2n) is 7.50. The summed E-state index contributed by atoms with van der Waals surface area (Å²) in [5.41, 5.74) is 2.11. The fourth-order valence-corrected chi connectivity index (χ4v) is 3.68. The largest absolute Gasteiger partial charge is 0.445 e. The second-order valence-corrected chi connectivity index (χ2v) is 7.50. The van der Waals surface area contributed by atoms with Crippen molar-refractivity contribution < 1.29 is 14.3 Å². The minimum absolute atomic E-state index is 0.0157. The molecule has 3 aromatic rings. The predicted molar refractivity (Wildman–Crippen MR) is 115 cm³/mol. The summed E-state index contributed by atoms with van der Waals surface area (Å²) in [4.78, 5) is 30.9. The molecule has 0 saturated carbocycles. The van der Waals surface area contributed by atoms with Crippen LogP contribution in [0, 0.1) is 0 Å². The van der Waals surface area contributed by atoms with Crippen molar-refractivity contribution in [3.63, 3.8) is 0 Å². The van der Waals surface area contributed by atoms with Crippen molar-refractivity contribution in [2.45, 2.75) is 26.0 Å². The Kier molecular flexibility index (Phi) is 6.26. The monoisotopic (exact) mass is 419 g/mol. The zero-order valence-electron chi connectivity index (χ0n) is 17.4. The van der Waals surface area contributed by atoms with E-state index in [0.29, 0.717) is 37.3 Å². The van der Waals surface area contributed by atoms with Gasteiger partial charge in [0.15, 0.2) is 0 Å². The Balaban J connectivity index is 1.43. The quantitative estimate of drug-likeness (QED) is 0.649. The molecule has 0 bridgehead atoms. The number of aromatic nitrogens is 3. The van der Waals surface area contributed by atoms with E-state index in [9.17, 15) is 9.59 Å². The average molecular weight is 419 g/mol. The molecule has 2 heterocycles. The first-order chi connectivity index (χ1) is 15.1. The van der Waals surface area contributed by atoms with Crippen LogP contribution in [-0.4, -0.2) is 62.5 Å². The molecule has 8 heteroatoms. The molecule has 0 radical (unpaired) electrons. The maximum Gasteiger partial charge on any atom is 0.410 e. The first-order valence-corrected chi connectivity index (χ1v) is 10.4. The van der Waals surface area contributed by atoms with E-state index in [2.05, 4.69) is 10.2 Å². The molecule has 0 N–H and O–H groups in total. The van der Waals surface area contributed by atoms with Gasteiger partial charge in [0.1, 0.15) is 6.61 Å². The Hall–Kier alpha value is -3.68. The number of hydrogen-bond acceptors (Lipinski definition) is 5. The highest BCUT2D eigenvalue weighted by molar-refractivity contribution is 5.98. The van der Waals surface area contributed by atoms with Crippen molar-refractivity contribution in [3.8, 4) is 5.69 Å². The molecule has 2 aromatic carbocycles. The van der Waals surface area contributed by atoms with E-state index in [1.165, 1.54) is 4.80 Å². The van der Waals surface area contributed by atoms with Gasteiger partial charge in [0, 0.05) is 25.7 Å². The number of nitrogens with zero attached hydrogens (tertiary/aromatic N) is 5. The molecule has 8 nitrogen and oxygen atoms in total. The maximum atomic E-state index is 13.4. The fourth-order valence-electron chi connectivity index (χ4n) is 3.68. The van der Waals surface area contributed by atoms with Crippen LogP contribution in [0.5, 0.6) is 0 Å². The lowest BCUT2D eigenvalue weighted by atomic mass is 10.1. The van der Waals surface area contributed by atoms with Crippen LogP contribution in [0.15, 0.2) is 67.0 Å². The SMILES string of the molecule is C[C@@H]1CCN(C(=O)OCc2ccccc2)CCN1C(=O)c1ccccc1-n1nccn1. The third kappa shape index (κ3) is 4.74. The number of benzene rings is 2. The Morgan fingerprint density at radius 1 is 0.968 bits per heavy atom. The smallest absolute Gasteiger partial charge is 0.410 e. The van der Waals surface area contributed by atoms with Crippen molar-refractivity contribution in [1.29, 1.82) is 0 Å². The minimum Gasteiger partial charge on any atom is -0.445 e. The van der Waals surface area contributed by atoms with Gasteiger partial charge in [-0.25, -0.2) is 4.79 Å². The summed E-state index contributed by atoms with van der Waals surface area (Å²) in [6.07, 6.45) is 3.48. The number of para-hydroxylation sites is 1. The van der Waals surface area contributed by atoms with Crippen molar-refractivity contribution in [2.75, 3.05) is 19.6 Å².